The fraction of sp³-hybridized carbons (Fsp3) is 0.0588. The number of halogens is 1. The molecule has 0 radical (unpaired) electrons. The molecular weight excluding hydrogens is 470 g/mol. The molecule has 0 aliphatic rings. The molecule has 0 heterocycles. The van der Waals surface area contributed by atoms with E-state index in [9.17, 15) is 23.3 Å². The maximum absolute atomic E-state index is 12.5. The zero-order chi connectivity index (χ0) is 21.8. The van der Waals surface area contributed by atoms with E-state index in [1.54, 1.807) is 6.07 Å². The number of nitro benzene ring substituents is 1. The summed E-state index contributed by atoms with van der Waals surface area (Å²) in [6.07, 6.45) is 1.20. The first-order valence-corrected chi connectivity index (χ1v) is 9.77. The Morgan fingerprint density at radius 3 is 2.41 bits per heavy atom. The number of nitriles is 1. The number of carbonyl (C=O) groups excluding carboxylic acids is 1. The van der Waals surface area contributed by atoms with Crippen LogP contribution in [-0.4, -0.2) is 26.4 Å². The fourth-order valence-corrected chi connectivity index (χ4v) is 3.73. The van der Waals surface area contributed by atoms with Gasteiger partial charge in [-0.05, 0) is 51.8 Å². The number of nitrogens with zero attached hydrogens (tertiary/aromatic N) is 2. The molecule has 1 amide bonds. The van der Waals surface area contributed by atoms with Crippen LogP contribution in [0.15, 0.2) is 51.3 Å². The summed E-state index contributed by atoms with van der Waals surface area (Å²) >= 11 is 3.16. The van der Waals surface area contributed by atoms with Gasteiger partial charge in [-0.1, -0.05) is 0 Å². The number of methoxy groups -OCH3 is 1. The minimum Gasteiger partial charge on any atom is -0.493 e. The number of benzene rings is 2. The quantitative estimate of drug-likeness (QED) is 0.207. The molecule has 2 aromatic rings. The predicted molar refractivity (Wildman–Crippen MR) is 104 cm³/mol. The van der Waals surface area contributed by atoms with Gasteiger partial charge in [0.2, 0.25) is 0 Å². The van der Waals surface area contributed by atoms with Crippen molar-refractivity contribution in [2.24, 2.45) is 5.73 Å². The second kappa shape index (κ2) is 8.72. The highest BCUT2D eigenvalue weighted by molar-refractivity contribution is 9.10. The number of non-ortho nitro benzene ring substituents is 1. The number of carbonyl (C=O) groups is 1. The monoisotopic (exact) mass is 481 g/mol. The minimum absolute atomic E-state index is 0.0159. The van der Waals surface area contributed by atoms with Crippen LogP contribution in [0.5, 0.6) is 11.5 Å². The van der Waals surface area contributed by atoms with Crippen molar-refractivity contribution in [1.29, 1.82) is 5.26 Å². The van der Waals surface area contributed by atoms with Gasteiger partial charge in [0.05, 0.1) is 16.5 Å². The Hall–Kier alpha value is -3.43. The van der Waals surface area contributed by atoms with Crippen molar-refractivity contribution in [3.63, 3.8) is 0 Å². The number of ether oxygens (including phenoxy) is 1. The molecule has 10 nitrogen and oxygen atoms in total. The zero-order valence-corrected chi connectivity index (χ0v) is 17.1. The second-order valence-corrected chi connectivity index (χ2v) is 7.76. The molecule has 12 heteroatoms. The third-order valence-corrected chi connectivity index (χ3v) is 5.30. The SMILES string of the molecule is COc1cc(/C=C(/C#N)C(N)=O)cc(Br)c1OS(=O)(=O)c1ccc([N+](=O)[O-])cc1. The van der Waals surface area contributed by atoms with Gasteiger partial charge in [-0.2, -0.15) is 13.7 Å². The van der Waals surface area contributed by atoms with Crippen molar-refractivity contribution in [2.75, 3.05) is 7.11 Å². The summed E-state index contributed by atoms with van der Waals surface area (Å²) in [5.74, 6) is -1.14. The molecule has 150 valence electrons. The minimum atomic E-state index is -4.34. The lowest BCUT2D eigenvalue weighted by Crippen LogP contribution is -2.12. The lowest BCUT2D eigenvalue weighted by Gasteiger charge is -2.13. The smallest absolute Gasteiger partial charge is 0.339 e. The van der Waals surface area contributed by atoms with E-state index in [2.05, 4.69) is 15.9 Å². The Balaban J connectivity index is 2.45. The topological polar surface area (TPSA) is 163 Å². The second-order valence-electron chi connectivity index (χ2n) is 5.36. The molecule has 0 aromatic heterocycles. The van der Waals surface area contributed by atoms with E-state index in [-0.39, 0.29) is 32.1 Å². The van der Waals surface area contributed by atoms with Crippen molar-refractivity contribution in [2.45, 2.75) is 4.90 Å². The van der Waals surface area contributed by atoms with Crippen LogP contribution in [-0.2, 0) is 14.9 Å². The van der Waals surface area contributed by atoms with Crippen LogP contribution in [0.1, 0.15) is 5.56 Å². The van der Waals surface area contributed by atoms with E-state index in [4.69, 9.17) is 19.9 Å². The number of rotatable bonds is 7. The third-order valence-electron chi connectivity index (χ3n) is 3.48. The summed E-state index contributed by atoms with van der Waals surface area (Å²) in [4.78, 5) is 20.9. The van der Waals surface area contributed by atoms with Crippen LogP contribution < -0.4 is 14.7 Å². The zero-order valence-electron chi connectivity index (χ0n) is 14.7. The highest BCUT2D eigenvalue weighted by Gasteiger charge is 2.23. The first-order valence-electron chi connectivity index (χ1n) is 7.57. The fourth-order valence-electron chi connectivity index (χ4n) is 2.12. The molecule has 0 spiro atoms. The summed E-state index contributed by atoms with van der Waals surface area (Å²) < 4.78 is 35.4. The predicted octanol–water partition coefficient (Wildman–Crippen LogP) is 2.53. The van der Waals surface area contributed by atoms with Gasteiger partial charge in [0.15, 0.2) is 11.5 Å². The van der Waals surface area contributed by atoms with Crippen LogP contribution in [0.3, 0.4) is 0 Å². The van der Waals surface area contributed by atoms with Crippen LogP contribution in [0.2, 0.25) is 0 Å². The Morgan fingerprint density at radius 1 is 1.31 bits per heavy atom. The molecule has 0 saturated heterocycles. The normalized spacial score (nSPS) is 11.4. The Bertz CT molecular complexity index is 1150. The molecular formula is C17H12BrN3O7S. The highest BCUT2D eigenvalue weighted by atomic mass is 79.9. The first kappa shape index (κ1) is 21.9. The highest BCUT2D eigenvalue weighted by Crippen LogP contribution is 2.39. The molecule has 2 rings (SSSR count). The van der Waals surface area contributed by atoms with E-state index in [0.717, 1.165) is 24.3 Å². The van der Waals surface area contributed by atoms with Crippen molar-refractivity contribution in [3.8, 4) is 17.6 Å². The van der Waals surface area contributed by atoms with Gasteiger partial charge in [-0.3, -0.25) is 14.9 Å². The first-order chi connectivity index (χ1) is 13.6. The summed E-state index contributed by atoms with van der Waals surface area (Å²) in [5.41, 5.74) is 4.82. The van der Waals surface area contributed by atoms with E-state index in [1.165, 1.54) is 25.3 Å². The molecule has 29 heavy (non-hydrogen) atoms. The van der Waals surface area contributed by atoms with Gasteiger partial charge in [-0.15, -0.1) is 0 Å². The molecule has 2 aromatic carbocycles. The summed E-state index contributed by atoms with van der Waals surface area (Å²) in [7, 11) is -3.08. The molecule has 0 aliphatic carbocycles. The largest absolute Gasteiger partial charge is 0.493 e. The summed E-state index contributed by atoms with van der Waals surface area (Å²) in [6.45, 7) is 0. The lowest BCUT2D eigenvalue weighted by atomic mass is 10.1. The molecule has 0 bridgehead atoms. The van der Waals surface area contributed by atoms with Gasteiger partial charge in [-0.25, -0.2) is 0 Å². The molecule has 0 aliphatic heterocycles. The number of hydrogen-bond donors (Lipinski definition) is 1. The number of nitro groups is 1. The molecule has 0 fully saturated rings. The standard InChI is InChI=1S/C17H12BrN3O7S/c1-27-15-8-10(6-11(9-19)17(20)22)7-14(18)16(15)28-29(25,26)13-4-2-12(3-5-13)21(23)24/h2-8H,1H3,(H2,20,22)/b11-6-. The maximum Gasteiger partial charge on any atom is 0.339 e. The molecule has 0 saturated carbocycles. The Labute approximate surface area is 173 Å². The van der Waals surface area contributed by atoms with Crippen molar-refractivity contribution >= 4 is 43.7 Å². The summed E-state index contributed by atoms with van der Waals surface area (Å²) in [6, 6.07) is 8.52. The lowest BCUT2D eigenvalue weighted by molar-refractivity contribution is -0.384. The van der Waals surface area contributed by atoms with Crippen LogP contribution in [0.4, 0.5) is 5.69 Å². The molecule has 0 atom stereocenters. The van der Waals surface area contributed by atoms with Crippen molar-refractivity contribution < 1.29 is 27.1 Å². The number of nitrogens with two attached hydrogens (primary N) is 1. The van der Waals surface area contributed by atoms with Gasteiger partial charge >= 0.3 is 10.1 Å². The number of hydrogen-bond acceptors (Lipinski definition) is 8. The van der Waals surface area contributed by atoms with Crippen molar-refractivity contribution in [3.05, 3.63) is 62.1 Å². The summed E-state index contributed by atoms with van der Waals surface area (Å²) in [5, 5.41) is 19.6. The van der Waals surface area contributed by atoms with E-state index in [0.29, 0.717) is 5.56 Å². The maximum atomic E-state index is 12.5. The van der Waals surface area contributed by atoms with Crippen LogP contribution >= 0.6 is 15.9 Å². The van der Waals surface area contributed by atoms with Crippen LogP contribution in [0.25, 0.3) is 6.08 Å². The third kappa shape index (κ3) is 5.09. The van der Waals surface area contributed by atoms with Gasteiger partial charge in [0.25, 0.3) is 11.6 Å². The van der Waals surface area contributed by atoms with Gasteiger partial charge in [0.1, 0.15) is 16.5 Å². The average molecular weight is 482 g/mol. The Kier molecular flexibility index (Phi) is 6.57. The van der Waals surface area contributed by atoms with Gasteiger partial charge < -0.3 is 14.7 Å². The van der Waals surface area contributed by atoms with E-state index < -0.39 is 20.9 Å². The number of amides is 1. The molecule has 0 unspecified atom stereocenters. The van der Waals surface area contributed by atoms with Crippen molar-refractivity contribution in [1.82, 2.24) is 0 Å². The molecule has 2 N–H and O–H groups in total. The number of primary amides is 1. The van der Waals surface area contributed by atoms with Gasteiger partial charge in [0, 0.05) is 12.1 Å². The average Bonchev–Trinajstić information content (AvgIpc) is 2.67. The van der Waals surface area contributed by atoms with Crippen LogP contribution in [0, 0.1) is 21.4 Å². The van der Waals surface area contributed by atoms with E-state index >= 15 is 0 Å². The van der Waals surface area contributed by atoms with E-state index in [1.807, 2.05) is 0 Å². The Morgan fingerprint density at radius 2 is 1.93 bits per heavy atom.